The molecule has 0 aromatic rings. The normalized spacial score (nSPS) is 23.5. The molecule has 0 amide bonds. The van der Waals surface area contributed by atoms with Crippen molar-refractivity contribution in [1.29, 1.82) is 0 Å². The number of carboxylic acids is 1. The predicted octanol–water partition coefficient (Wildman–Crippen LogP) is 3.60. The first-order chi connectivity index (χ1) is 10.5. The molecule has 1 N–H and O–H groups in total. The molecule has 1 aliphatic heterocycles. The highest BCUT2D eigenvalue weighted by molar-refractivity contribution is 14.1. The SMILES string of the molecule is BCCC[C@H]1CN(CC(CCCCC)C(=C)I)C[C@H]1C(=O)O. The van der Waals surface area contributed by atoms with E-state index in [2.05, 4.69) is 48.8 Å². The molecule has 0 spiro atoms. The van der Waals surface area contributed by atoms with Crippen LogP contribution in [-0.4, -0.2) is 43.5 Å². The van der Waals surface area contributed by atoms with Gasteiger partial charge in [-0.3, -0.25) is 4.79 Å². The highest BCUT2D eigenvalue weighted by Gasteiger charge is 2.37. The van der Waals surface area contributed by atoms with Crippen LogP contribution in [0.2, 0.25) is 6.32 Å². The van der Waals surface area contributed by atoms with Crippen molar-refractivity contribution in [3.05, 3.63) is 10.2 Å². The summed E-state index contributed by atoms with van der Waals surface area (Å²) in [6, 6.07) is 0. The zero-order chi connectivity index (χ0) is 16.5. The summed E-state index contributed by atoms with van der Waals surface area (Å²) in [6.45, 7) is 9.02. The molecule has 0 saturated carbocycles. The van der Waals surface area contributed by atoms with E-state index >= 15 is 0 Å². The highest BCUT2D eigenvalue weighted by Crippen LogP contribution is 2.31. The third-order valence-corrected chi connectivity index (χ3v) is 5.72. The Hall–Kier alpha value is -0.0351. The Labute approximate surface area is 150 Å². The fourth-order valence-corrected chi connectivity index (χ4v) is 3.96. The molecule has 1 rings (SSSR count). The van der Waals surface area contributed by atoms with Crippen LogP contribution in [0.25, 0.3) is 0 Å². The van der Waals surface area contributed by atoms with Gasteiger partial charge in [0.05, 0.1) is 5.92 Å². The standard InChI is InChI=1S/C17H31BINO2/c1-3-4-5-7-14(13(2)19)10-20-11-15(8-6-9-18)16(12-20)17(21)22/h14-16H,2-12,18H2,1H3,(H,21,22)/t14?,15-,16+/m0/s1. The molecule has 1 unspecified atom stereocenters. The minimum atomic E-state index is -0.612. The molecule has 1 fully saturated rings. The third kappa shape index (κ3) is 6.61. The lowest BCUT2D eigenvalue weighted by Crippen LogP contribution is -2.29. The van der Waals surface area contributed by atoms with Crippen molar-refractivity contribution in [2.24, 2.45) is 17.8 Å². The van der Waals surface area contributed by atoms with Crippen LogP contribution in [0, 0.1) is 17.8 Å². The molecule has 0 aromatic heterocycles. The number of carbonyl (C=O) groups is 1. The maximum absolute atomic E-state index is 11.5. The van der Waals surface area contributed by atoms with E-state index in [1.165, 1.54) is 29.3 Å². The van der Waals surface area contributed by atoms with Crippen LogP contribution in [0.4, 0.5) is 0 Å². The van der Waals surface area contributed by atoms with Crippen molar-refractivity contribution in [2.45, 2.75) is 51.8 Å². The van der Waals surface area contributed by atoms with Gasteiger partial charge in [0.2, 0.25) is 0 Å². The van der Waals surface area contributed by atoms with Gasteiger partial charge in [0.15, 0.2) is 0 Å². The molecular formula is C17H31BINO2. The Morgan fingerprint density at radius 1 is 1.41 bits per heavy atom. The number of rotatable bonds is 11. The largest absolute Gasteiger partial charge is 0.481 e. The number of unbranched alkanes of at least 4 members (excludes halogenated alkanes) is 2. The number of hydrogen-bond acceptors (Lipinski definition) is 2. The van der Waals surface area contributed by atoms with Crippen LogP contribution in [0.5, 0.6) is 0 Å². The molecule has 22 heavy (non-hydrogen) atoms. The average molecular weight is 419 g/mol. The average Bonchev–Trinajstić information content (AvgIpc) is 2.87. The molecular weight excluding hydrogens is 388 g/mol. The molecule has 5 heteroatoms. The number of hydrogen-bond donors (Lipinski definition) is 1. The van der Waals surface area contributed by atoms with Crippen LogP contribution in [0.15, 0.2) is 10.2 Å². The van der Waals surface area contributed by atoms with Crippen molar-refractivity contribution in [2.75, 3.05) is 19.6 Å². The summed E-state index contributed by atoms with van der Waals surface area (Å²) in [6.07, 6.45) is 8.29. The van der Waals surface area contributed by atoms with E-state index in [1.807, 2.05) is 0 Å². The third-order valence-electron chi connectivity index (χ3n) is 4.84. The minimum absolute atomic E-state index is 0.176. The molecule has 0 bridgehead atoms. The Kier molecular flexibility index (Phi) is 9.72. The fourth-order valence-electron chi connectivity index (χ4n) is 3.45. The fraction of sp³-hybridized carbons (Fsp3) is 0.824. The predicted molar refractivity (Wildman–Crippen MR) is 104 cm³/mol. The van der Waals surface area contributed by atoms with E-state index in [-0.39, 0.29) is 5.92 Å². The van der Waals surface area contributed by atoms with Crippen LogP contribution >= 0.6 is 22.6 Å². The summed E-state index contributed by atoms with van der Waals surface area (Å²) in [5.74, 6) is 0.0486. The molecule has 0 radical (unpaired) electrons. The van der Waals surface area contributed by atoms with Crippen molar-refractivity contribution < 1.29 is 9.90 Å². The van der Waals surface area contributed by atoms with Crippen LogP contribution in [0.3, 0.4) is 0 Å². The molecule has 1 heterocycles. The van der Waals surface area contributed by atoms with Crippen molar-refractivity contribution in [3.8, 4) is 0 Å². The first kappa shape index (κ1) is 20.0. The number of aliphatic carboxylic acids is 1. The lowest BCUT2D eigenvalue weighted by Gasteiger charge is -2.23. The summed E-state index contributed by atoms with van der Waals surface area (Å²) in [7, 11) is 2.17. The van der Waals surface area contributed by atoms with Gasteiger partial charge in [0, 0.05) is 25.6 Å². The van der Waals surface area contributed by atoms with E-state index in [0.29, 0.717) is 11.8 Å². The Bertz CT molecular complexity index is 365. The van der Waals surface area contributed by atoms with Crippen LogP contribution in [-0.2, 0) is 4.79 Å². The minimum Gasteiger partial charge on any atom is -0.481 e. The quantitative estimate of drug-likeness (QED) is 0.316. The van der Waals surface area contributed by atoms with Gasteiger partial charge in [-0.1, -0.05) is 45.5 Å². The van der Waals surface area contributed by atoms with Gasteiger partial charge in [0.1, 0.15) is 7.85 Å². The number of likely N-dealkylation sites (tertiary alicyclic amines) is 1. The second kappa shape index (κ2) is 10.7. The Morgan fingerprint density at radius 3 is 2.68 bits per heavy atom. The smallest absolute Gasteiger partial charge is 0.308 e. The Morgan fingerprint density at radius 2 is 2.14 bits per heavy atom. The first-order valence-electron chi connectivity index (χ1n) is 8.79. The monoisotopic (exact) mass is 419 g/mol. The molecule has 3 nitrogen and oxygen atoms in total. The van der Waals surface area contributed by atoms with Crippen molar-refractivity contribution in [1.82, 2.24) is 4.90 Å². The van der Waals surface area contributed by atoms with Gasteiger partial charge in [-0.25, -0.2) is 0 Å². The maximum atomic E-state index is 11.5. The summed E-state index contributed by atoms with van der Waals surface area (Å²) in [4.78, 5) is 13.9. The summed E-state index contributed by atoms with van der Waals surface area (Å²) < 4.78 is 1.22. The molecule has 3 atom stereocenters. The highest BCUT2D eigenvalue weighted by atomic mass is 127. The second-order valence-electron chi connectivity index (χ2n) is 6.71. The van der Waals surface area contributed by atoms with Crippen molar-refractivity contribution >= 4 is 36.4 Å². The van der Waals surface area contributed by atoms with Gasteiger partial charge in [-0.05, 0) is 44.9 Å². The molecule has 0 aromatic carbocycles. The van der Waals surface area contributed by atoms with Gasteiger partial charge in [-0.2, -0.15) is 0 Å². The molecule has 1 aliphatic rings. The van der Waals surface area contributed by atoms with Crippen molar-refractivity contribution in [3.63, 3.8) is 0 Å². The number of nitrogens with zero attached hydrogens (tertiary/aromatic N) is 1. The Balaban J connectivity index is 2.55. The zero-order valence-electron chi connectivity index (χ0n) is 14.2. The van der Waals surface area contributed by atoms with E-state index in [9.17, 15) is 9.90 Å². The first-order valence-corrected chi connectivity index (χ1v) is 9.86. The summed E-state index contributed by atoms with van der Waals surface area (Å²) in [5.41, 5.74) is 0. The topological polar surface area (TPSA) is 40.5 Å². The zero-order valence-corrected chi connectivity index (χ0v) is 16.3. The van der Waals surface area contributed by atoms with E-state index < -0.39 is 5.97 Å². The van der Waals surface area contributed by atoms with Crippen LogP contribution in [0.1, 0.15) is 45.4 Å². The van der Waals surface area contributed by atoms with Gasteiger partial charge in [0.25, 0.3) is 0 Å². The van der Waals surface area contributed by atoms with Gasteiger partial charge in [-0.15, -0.1) is 0 Å². The molecule has 0 aliphatic carbocycles. The molecule has 126 valence electrons. The van der Waals surface area contributed by atoms with E-state index in [1.54, 1.807) is 0 Å². The lowest BCUT2D eigenvalue weighted by atomic mass is 9.88. The van der Waals surface area contributed by atoms with Crippen LogP contribution < -0.4 is 0 Å². The summed E-state index contributed by atoms with van der Waals surface area (Å²) in [5, 5.41) is 9.47. The van der Waals surface area contributed by atoms with Gasteiger partial charge < -0.3 is 10.0 Å². The molecule has 1 saturated heterocycles. The summed E-state index contributed by atoms with van der Waals surface area (Å²) >= 11 is 2.35. The van der Waals surface area contributed by atoms with E-state index in [0.717, 1.165) is 38.8 Å². The lowest BCUT2D eigenvalue weighted by molar-refractivity contribution is -0.142. The number of halogens is 1. The van der Waals surface area contributed by atoms with E-state index in [4.69, 9.17) is 0 Å². The van der Waals surface area contributed by atoms with Gasteiger partial charge >= 0.3 is 5.97 Å². The number of carboxylic acid groups (broad SMARTS) is 1. The maximum Gasteiger partial charge on any atom is 0.308 e. The second-order valence-corrected chi connectivity index (χ2v) is 8.09.